The molecule has 0 radical (unpaired) electrons. The molecule has 0 spiro atoms. The van der Waals surface area contributed by atoms with E-state index in [1.807, 2.05) is 22.6 Å². The summed E-state index contributed by atoms with van der Waals surface area (Å²) < 4.78 is 0.357. The van der Waals surface area contributed by atoms with Crippen LogP contribution in [0.25, 0.3) is 0 Å². The Morgan fingerprint density at radius 3 is 2.06 bits per heavy atom. The third-order valence-electron chi connectivity index (χ3n) is 1.72. The third kappa shape index (κ3) is 3.97. The van der Waals surface area contributed by atoms with Gasteiger partial charge in [0.05, 0.1) is 15.8 Å². The minimum absolute atomic E-state index is 0.117. The van der Waals surface area contributed by atoms with Gasteiger partial charge in [0, 0.05) is 0 Å². The fraction of sp³-hybridized carbons (Fsp3) is 0.200. The zero-order valence-corrected chi connectivity index (χ0v) is 11.2. The molecule has 86 valence electrons. The highest BCUT2D eigenvalue weighted by atomic mass is 127. The van der Waals surface area contributed by atoms with Crippen LogP contribution in [0.3, 0.4) is 0 Å². The van der Waals surface area contributed by atoms with Gasteiger partial charge < -0.3 is 10.6 Å². The second-order valence-electron chi connectivity index (χ2n) is 2.91. The van der Waals surface area contributed by atoms with Crippen LogP contribution in [0.1, 0.15) is 0 Å². The quantitative estimate of drug-likeness (QED) is 0.645. The molecule has 0 fully saturated rings. The number of carbonyl (C=O) groups excluding carboxylic acids is 2. The van der Waals surface area contributed by atoms with Gasteiger partial charge in [0.1, 0.15) is 5.88 Å². The molecule has 16 heavy (non-hydrogen) atoms. The van der Waals surface area contributed by atoms with E-state index < -0.39 is 0 Å². The Balaban J connectivity index is 2.83. The highest BCUT2D eigenvalue weighted by Gasteiger charge is 2.07. The van der Waals surface area contributed by atoms with Crippen molar-refractivity contribution < 1.29 is 9.59 Å². The Hall–Kier alpha value is -0.820. The van der Waals surface area contributed by atoms with Crippen molar-refractivity contribution in [3.8, 4) is 0 Å². The van der Waals surface area contributed by atoms with Crippen molar-refractivity contribution in [3.63, 3.8) is 0 Å². The third-order valence-corrected chi connectivity index (χ3v) is 2.65. The molecule has 0 unspecified atom stereocenters. The van der Waals surface area contributed by atoms with Crippen molar-refractivity contribution in [2.75, 3.05) is 20.9 Å². The van der Waals surface area contributed by atoms with Crippen LogP contribution in [-0.4, -0.2) is 22.1 Å². The maximum Gasteiger partial charge on any atom is 0.239 e. The number of hydrogen-bond donors (Lipinski definition) is 2. The van der Waals surface area contributed by atoms with E-state index in [9.17, 15) is 9.59 Å². The van der Waals surface area contributed by atoms with Gasteiger partial charge in [-0.05, 0) is 12.1 Å². The molecule has 4 nitrogen and oxygen atoms in total. The molecule has 0 saturated carbocycles. The van der Waals surface area contributed by atoms with Gasteiger partial charge in [0.15, 0.2) is 0 Å². The van der Waals surface area contributed by atoms with Crippen molar-refractivity contribution >= 4 is 57.4 Å². The smallest absolute Gasteiger partial charge is 0.239 e. The summed E-state index contributed by atoms with van der Waals surface area (Å²) in [7, 11) is 0. The molecule has 0 aliphatic carbocycles. The van der Waals surface area contributed by atoms with E-state index in [-0.39, 0.29) is 17.7 Å². The maximum atomic E-state index is 11.2. The van der Waals surface area contributed by atoms with Crippen LogP contribution in [0.4, 0.5) is 11.4 Å². The SMILES string of the molecule is O=C(CCl)Nc1ccccc1NC(=O)CI. The van der Waals surface area contributed by atoms with Crippen molar-refractivity contribution in [1.82, 2.24) is 0 Å². The second kappa shape index (κ2) is 6.70. The van der Waals surface area contributed by atoms with Crippen molar-refractivity contribution in [1.29, 1.82) is 0 Å². The maximum absolute atomic E-state index is 11.2. The molecule has 0 aliphatic heterocycles. The first-order valence-electron chi connectivity index (χ1n) is 4.48. The number of para-hydroxylation sites is 2. The minimum Gasteiger partial charge on any atom is -0.324 e. The Morgan fingerprint density at radius 1 is 1.12 bits per heavy atom. The molecule has 0 aromatic heterocycles. The first-order chi connectivity index (χ1) is 7.67. The number of carbonyl (C=O) groups is 2. The van der Waals surface area contributed by atoms with E-state index in [0.29, 0.717) is 15.8 Å². The van der Waals surface area contributed by atoms with Crippen LogP contribution in [0.2, 0.25) is 0 Å². The molecular formula is C10H10ClIN2O2. The first kappa shape index (κ1) is 13.2. The molecule has 0 heterocycles. The van der Waals surface area contributed by atoms with E-state index in [1.165, 1.54) is 0 Å². The molecular weight excluding hydrogens is 342 g/mol. The number of alkyl halides is 2. The fourth-order valence-corrected chi connectivity index (χ4v) is 1.33. The van der Waals surface area contributed by atoms with Crippen LogP contribution in [0.5, 0.6) is 0 Å². The van der Waals surface area contributed by atoms with Crippen LogP contribution >= 0.6 is 34.2 Å². The molecule has 2 amide bonds. The minimum atomic E-state index is -0.308. The number of anilines is 2. The fourth-order valence-electron chi connectivity index (χ4n) is 1.07. The number of halogens is 2. The monoisotopic (exact) mass is 352 g/mol. The van der Waals surface area contributed by atoms with E-state index in [4.69, 9.17) is 11.6 Å². The van der Waals surface area contributed by atoms with Crippen molar-refractivity contribution in [2.45, 2.75) is 0 Å². The zero-order valence-electron chi connectivity index (χ0n) is 8.30. The lowest BCUT2D eigenvalue weighted by molar-refractivity contribution is -0.114. The molecule has 1 aromatic rings. The number of nitrogens with one attached hydrogen (secondary N) is 2. The zero-order chi connectivity index (χ0) is 12.0. The van der Waals surface area contributed by atoms with Gasteiger partial charge in [0.25, 0.3) is 0 Å². The molecule has 0 aliphatic rings. The lowest BCUT2D eigenvalue weighted by atomic mass is 10.2. The standard InChI is InChI=1S/C10H10ClIN2O2/c11-5-9(15)13-7-3-1-2-4-8(7)14-10(16)6-12/h1-4H,5-6H2,(H,13,15)(H,14,16). The summed E-state index contributed by atoms with van der Waals surface area (Å²) in [5, 5.41) is 5.29. The average molecular weight is 353 g/mol. The molecule has 1 aromatic carbocycles. The highest BCUT2D eigenvalue weighted by molar-refractivity contribution is 14.1. The molecule has 0 atom stereocenters. The highest BCUT2D eigenvalue weighted by Crippen LogP contribution is 2.20. The van der Waals surface area contributed by atoms with Crippen LogP contribution in [-0.2, 0) is 9.59 Å². The summed E-state index contributed by atoms with van der Waals surface area (Å²) in [4.78, 5) is 22.4. The Bertz CT molecular complexity index is 361. The number of hydrogen-bond acceptors (Lipinski definition) is 2. The summed E-state index contributed by atoms with van der Waals surface area (Å²) in [5.74, 6) is -0.541. The van der Waals surface area contributed by atoms with Crippen molar-refractivity contribution in [3.05, 3.63) is 24.3 Å². The lowest BCUT2D eigenvalue weighted by Crippen LogP contribution is -2.17. The summed E-state index contributed by atoms with van der Waals surface area (Å²) in [5.41, 5.74) is 1.12. The molecule has 2 N–H and O–H groups in total. The number of benzene rings is 1. The van der Waals surface area contributed by atoms with E-state index in [0.717, 1.165) is 0 Å². The summed E-state index contributed by atoms with van der Waals surface area (Å²) in [6, 6.07) is 6.96. The summed E-state index contributed by atoms with van der Waals surface area (Å²) in [6.07, 6.45) is 0. The molecule has 0 saturated heterocycles. The first-order valence-corrected chi connectivity index (χ1v) is 6.54. The predicted octanol–water partition coefficient (Wildman–Crippen LogP) is 2.24. The van der Waals surface area contributed by atoms with Gasteiger partial charge in [-0.1, -0.05) is 34.7 Å². The number of amides is 2. The lowest BCUT2D eigenvalue weighted by Gasteiger charge is -2.10. The van der Waals surface area contributed by atoms with Gasteiger partial charge in [-0.25, -0.2) is 0 Å². The van der Waals surface area contributed by atoms with E-state index in [2.05, 4.69) is 10.6 Å². The van der Waals surface area contributed by atoms with Gasteiger partial charge in [-0.3, -0.25) is 9.59 Å². The van der Waals surface area contributed by atoms with E-state index >= 15 is 0 Å². The number of rotatable bonds is 4. The van der Waals surface area contributed by atoms with Crippen LogP contribution in [0.15, 0.2) is 24.3 Å². The van der Waals surface area contributed by atoms with E-state index in [1.54, 1.807) is 24.3 Å². The second-order valence-corrected chi connectivity index (χ2v) is 3.94. The Morgan fingerprint density at radius 2 is 1.62 bits per heavy atom. The largest absolute Gasteiger partial charge is 0.324 e. The molecule has 0 bridgehead atoms. The normalized spacial score (nSPS) is 9.62. The van der Waals surface area contributed by atoms with Gasteiger partial charge in [-0.15, -0.1) is 11.6 Å². The van der Waals surface area contributed by atoms with Gasteiger partial charge in [0.2, 0.25) is 11.8 Å². The summed E-state index contributed by atoms with van der Waals surface area (Å²) >= 11 is 7.35. The van der Waals surface area contributed by atoms with Gasteiger partial charge in [-0.2, -0.15) is 0 Å². The topological polar surface area (TPSA) is 58.2 Å². The van der Waals surface area contributed by atoms with Crippen LogP contribution in [0, 0.1) is 0 Å². The average Bonchev–Trinajstić information content (AvgIpc) is 2.31. The predicted molar refractivity (Wildman–Crippen MR) is 73.3 cm³/mol. The molecule has 1 rings (SSSR count). The van der Waals surface area contributed by atoms with Gasteiger partial charge >= 0.3 is 0 Å². The van der Waals surface area contributed by atoms with Crippen LogP contribution < -0.4 is 10.6 Å². The Labute approximate surface area is 112 Å². The summed E-state index contributed by atoms with van der Waals surface area (Å²) in [6.45, 7) is 0. The van der Waals surface area contributed by atoms with Crippen molar-refractivity contribution in [2.24, 2.45) is 0 Å². The Kier molecular flexibility index (Phi) is 5.54. The molecule has 6 heteroatoms.